The third kappa shape index (κ3) is 8.27. The summed E-state index contributed by atoms with van der Waals surface area (Å²) >= 11 is 6.21. The minimum Gasteiger partial charge on any atom is -0.477 e. The number of aromatic nitrogens is 1. The fourth-order valence-corrected chi connectivity index (χ4v) is 2.37. The van der Waals surface area contributed by atoms with Crippen LogP contribution in [0, 0.1) is 0 Å². The van der Waals surface area contributed by atoms with E-state index in [9.17, 15) is 0 Å². The van der Waals surface area contributed by atoms with Crippen molar-refractivity contribution in [1.29, 1.82) is 0 Å². The molecule has 0 saturated carbocycles. The first-order valence-electron chi connectivity index (χ1n) is 8.25. The molecular weight excluding hydrogens is 284 g/mol. The molecule has 1 rings (SSSR count). The normalized spacial score (nSPS) is 10.8. The quantitative estimate of drug-likeness (QED) is 0.553. The van der Waals surface area contributed by atoms with Gasteiger partial charge >= 0.3 is 0 Å². The van der Waals surface area contributed by atoms with E-state index in [-0.39, 0.29) is 0 Å². The van der Waals surface area contributed by atoms with Crippen LogP contribution in [0.25, 0.3) is 0 Å². The van der Waals surface area contributed by atoms with E-state index in [0.717, 1.165) is 31.5 Å². The molecule has 0 unspecified atom stereocenters. The van der Waals surface area contributed by atoms with E-state index < -0.39 is 0 Å². The number of halogens is 1. The number of hydrogen-bond acceptors (Lipinski definition) is 3. The summed E-state index contributed by atoms with van der Waals surface area (Å²) in [7, 11) is 0. The van der Waals surface area contributed by atoms with Crippen molar-refractivity contribution in [1.82, 2.24) is 10.3 Å². The number of nitrogens with zero attached hydrogens (tertiary/aromatic N) is 1. The van der Waals surface area contributed by atoms with Gasteiger partial charge in [0, 0.05) is 12.7 Å². The Labute approximate surface area is 134 Å². The molecule has 0 saturated heterocycles. The number of pyridine rings is 1. The smallest absolute Gasteiger partial charge is 0.232 e. The van der Waals surface area contributed by atoms with Gasteiger partial charge < -0.3 is 10.1 Å². The fourth-order valence-electron chi connectivity index (χ4n) is 2.13. The van der Waals surface area contributed by atoms with Gasteiger partial charge in [-0.2, -0.15) is 0 Å². The minimum atomic E-state index is 0.560. The monoisotopic (exact) mass is 312 g/mol. The lowest BCUT2D eigenvalue weighted by Gasteiger charge is -2.09. The van der Waals surface area contributed by atoms with Crippen LogP contribution in [0.3, 0.4) is 0 Å². The van der Waals surface area contributed by atoms with Gasteiger partial charge in [-0.05, 0) is 31.0 Å². The van der Waals surface area contributed by atoms with Crippen LogP contribution in [0.4, 0.5) is 0 Å². The number of nitrogens with one attached hydrogen (secondary N) is 1. The molecule has 3 nitrogen and oxygen atoms in total. The standard InChI is InChI=1S/C17H29ClN2O/c1-3-5-6-7-8-9-11-21-17-16(18)12-15(14-20-17)13-19-10-4-2/h12,14,19H,3-11,13H2,1-2H3. The summed E-state index contributed by atoms with van der Waals surface area (Å²) in [5.41, 5.74) is 1.10. The van der Waals surface area contributed by atoms with Gasteiger partial charge in [-0.3, -0.25) is 0 Å². The van der Waals surface area contributed by atoms with Gasteiger partial charge in [-0.15, -0.1) is 0 Å². The molecule has 0 aromatic carbocycles. The molecule has 1 aromatic heterocycles. The highest BCUT2D eigenvalue weighted by atomic mass is 35.5. The lowest BCUT2D eigenvalue weighted by Crippen LogP contribution is -2.14. The van der Waals surface area contributed by atoms with Gasteiger partial charge in [0.1, 0.15) is 5.02 Å². The van der Waals surface area contributed by atoms with Gasteiger partial charge in [-0.1, -0.05) is 57.6 Å². The maximum atomic E-state index is 6.21. The first kappa shape index (κ1) is 18.2. The van der Waals surface area contributed by atoms with E-state index in [4.69, 9.17) is 16.3 Å². The molecule has 0 aliphatic heterocycles. The van der Waals surface area contributed by atoms with Gasteiger partial charge in [0.15, 0.2) is 0 Å². The van der Waals surface area contributed by atoms with Crippen LogP contribution in [0.5, 0.6) is 5.88 Å². The van der Waals surface area contributed by atoms with E-state index in [2.05, 4.69) is 24.1 Å². The second kappa shape index (κ2) is 11.8. The van der Waals surface area contributed by atoms with Crippen molar-refractivity contribution in [3.8, 4) is 5.88 Å². The molecule has 0 amide bonds. The molecule has 1 N–H and O–H groups in total. The van der Waals surface area contributed by atoms with Gasteiger partial charge in [0.25, 0.3) is 0 Å². The highest BCUT2D eigenvalue weighted by Crippen LogP contribution is 2.22. The van der Waals surface area contributed by atoms with E-state index in [1.54, 1.807) is 0 Å². The van der Waals surface area contributed by atoms with Crippen LogP contribution in [0.1, 0.15) is 64.4 Å². The number of ether oxygens (including phenoxy) is 1. The molecule has 0 aliphatic carbocycles. The van der Waals surface area contributed by atoms with Crippen molar-refractivity contribution >= 4 is 11.6 Å². The van der Waals surface area contributed by atoms with Crippen LogP contribution >= 0.6 is 11.6 Å². The van der Waals surface area contributed by atoms with E-state index >= 15 is 0 Å². The lowest BCUT2D eigenvalue weighted by atomic mass is 10.1. The van der Waals surface area contributed by atoms with Crippen LogP contribution in [0.15, 0.2) is 12.3 Å². The Bertz CT molecular complexity index is 385. The topological polar surface area (TPSA) is 34.1 Å². The molecule has 4 heteroatoms. The number of unbranched alkanes of at least 4 members (excludes halogenated alkanes) is 5. The maximum Gasteiger partial charge on any atom is 0.232 e. The summed E-state index contributed by atoms with van der Waals surface area (Å²) in [6, 6.07) is 1.94. The van der Waals surface area contributed by atoms with E-state index in [1.165, 1.54) is 32.1 Å². The van der Waals surface area contributed by atoms with E-state index in [0.29, 0.717) is 17.5 Å². The summed E-state index contributed by atoms with van der Waals surface area (Å²) in [6.45, 7) is 6.90. The van der Waals surface area contributed by atoms with E-state index in [1.807, 2.05) is 12.3 Å². The number of rotatable bonds is 12. The first-order chi connectivity index (χ1) is 10.3. The zero-order valence-electron chi connectivity index (χ0n) is 13.5. The van der Waals surface area contributed by atoms with Crippen LogP contribution < -0.4 is 10.1 Å². The molecule has 21 heavy (non-hydrogen) atoms. The molecule has 1 heterocycles. The van der Waals surface area contributed by atoms with Crippen LogP contribution in [-0.4, -0.2) is 18.1 Å². The predicted octanol–water partition coefficient (Wildman–Crippen LogP) is 4.97. The molecule has 0 radical (unpaired) electrons. The molecule has 0 atom stereocenters. The Balaban J connectivity index is 2.22. The zero-order valence-corrected chi connectivity index (χ0v) is 14.2. The third-order valence-corrected chi connectivity index (χ3v) is 3.63. The van der Waals surface area contributed by atoms with Crippen LogP contribution in [-0.2, 0) is 6.54 Å². The number of hydrogen-bond donors (Lipinski definition) is 1. The largest absolute Gasteiger partial charge is 0.477 e. The summed E-state index contributed by atoms with van der Waals surface area (Å²) < 4.78 is 5.66. The average Bonchev–Trinajstić information content (AvgIpc) is 2.48. The Morgan fingerprint density at radius 1 is 1.10 bits per heavy atom. The highest BCUT2D eigenvalue weighted by molar-refractivity contribution is 6.31. The Hall–Kier alpha value is -0.800. The van der Waals surface area contributed by atoms with Crippen molar-refractivity contribution in [2.24, 2.45) is 0 Å². The summed E-state index contributed by atoms with van der Waals surface area (Å²) in [5, 5.41) is 3.94. The summed E-state index contributed by atoms with van der Waals surface area (Å²) in [6.07, 6.45) is 10.5. The second-order valence-corrected chi connectivity index (χ2v) is 5.83. The van der Waals surface area contributed by atoms with Gasteiger partial charge in [0.2, 0.25) is 5.88 Å². The molecule has 0 spiro atoms. The molecule has 0 bridgehead atoms. The lowest BCUT2D eigenvalue weighted by molar-refractivity contribution is 0.293. The van der Waals surface area contributed by atoms with Gasteiger partial charge in [0.05, 0.1) is 6.61 Å². The Morgan fingerprint density at radius 2 is 1.86 bits per heavy atom. The maximum absolute atomic E-state index is 6.21. The summed E-state index contributed by atoms with van der Waals surface area (Å²) in [5.74, 6) is 0.560. The van der Waals surface area contributed by atoms with Crippen molar-refractivity contribution in [2.75, 3.05) is 13.2 Å². The highest BCUT2D eigenvalue weighted by Gasteiger charge is 2.04. The average molecular weight is 313 g/mol. The zero-order chi connectivity index (χ0) is 15.3. The predicted molar refractivity (Wildman–Crippen MR) is 90.1 cm³/mol. The summed E-state index contributed by atoms with van der Waals surface area (Å²) in [4.78, 5) is 4.31. The minimum absolute atomic E-state index is 0.560. The Morgan fingerprint density at radius 3 is 2.57 bits per heavy atom. The van der Waals surface area contributed by atoms with Crippen molar-refractivity contribution in [3.05, 3.63) is 22.8 Å². The fraction of sp³-hybridized carbons (Fsp3) is 0.706. The van der Waals surface area contributed by atoms with Crippen molar-refractivity contribution < 1.29 is 4.74 Å². The second-order valence-electron chi connectivity index (χ2n) is 5.42. The first-order valence-corrected chi connectivity index (χ1v) is 8.63. The molecule has 0 fully saturated rings. The molecule has 0 aliphatic rings. The van der Waals surface area contributed by atoms with Gasteiger partial charge in [-0.25, -0.2) is 4.98 Å². The van der Waals surface area contributed by atoms with Crippen molar-refractivity contribution in [2.45, 2.75) is 65.3 Å². The third-order valence-electron chi connectivity index (χ3n) is 3.36. The van der Waals surface area contributed by atoms with Crippen molar-refractivity contribution in [3.63, 3.8) is 0 Å². The Kier molecular flexibility index (Phi) is 10.3. The SMILES string of the molecule is CCCCCCCCOc1ncc(CNCCC)cc1Cl. The molecular formula is C17H29ClN2O. The van der Waals surface area contributed by atoms with Crippen LogP contribution in [0.2, 0.25) is 5.02 Å². The molecule has 1 aromatic rings. The molecule has 120 valence electrons.